The largest absolute Gasteiger partial charge is 0.292 e. The van der Waals surface area contributed by atoms with Crippen molar-refractivity contribution in [1.29, 1.82) is 0 Å². The van der Waals surface area contributed by atoms with E-state index in [0.717, 1.165) is 10.6 Å². The summed E-state index contributed by atoms with van der Waals surface area (Å²) in [6, 6.07) is 4.00. The Balaban J connectivity index is 2.50. The van der Waals surface area contributed by atoms with Gasteiger partial charge in [0.1, 0.15) is 0 Å². The lowest BCUT2D eigenvalue weighted by Crippen LogP contribution is -2.02. The van der Waals surface area contributed by atoms with E-state index in [0.29, 0.717) is 11.0 Å². The van der Waals surface area contributed by atoms with Gasteiger partial charge in [0.25, 0.3) is 0 Å². The molecule has 1 heterocycles. The SMILES string of the molecule is CCSc1ccc(C(=O)CSC(C)C)s1. The first-order valence-corrected chi connectivity index (χ1v) is 7.86. The third kappa shape index (κ3) is 4.62. The first kappa shape index (κ1) is 13.1. The summed E-state index contributed by atoms with van der Waals surface area (Å²) in [7, 11) is 0. The van der Waals surface area contributed by atoms with Gasteiger partial charge in [-0.05, 0) is 23.1 Å². The number of thioether (sulfide) groups is 2. The van der Waals surface area contributed by atoms with Crippen LogP contribution in [0, 0.1) is 0 Å². The molecule has 0 spiro atoms. The van der Waals surface area contributed by atoms with Gasteiger partial charge in [-0.3, -0.25) is 4.79 Å². The fourth-order valence-corrected chi connectivity index (χ4v) is 3.72. The summed E-state index contributed by atoms with van der Waals surface area (Å²) in [6.07, 6.45) is 0. The van der Waals surface area contributed by atoms with Gasteiger partial charge in [-0.15, -0.1) is 23.1 Å². The molecule has 15 heavy (non-hydrogen) atoms. The van der Waals surface area contributed by atoms with Crippen molar-refractivity contribution in [3.05, 3.63) is 17.0 Å². The van der Waals surface area contributed by atoms with E-state index in [9.17, 15) is 4.79 Å². The van der Waals surface area contributed by atoms with Gasteiger partial charge in [0.15, 0.2) is 5.78 Å². The highest BCUT2D eigenvalue weighted by Crippen LogP contribution is 2.28. The number of carbonyl (C=O) groups excluding carboxylic acids is 1. The molecule has 1 aromatic rings. The van der Waals surface area contributed by atoms with Crippen LogP contribution in [0.15, 0.2) is 16.3 Å². The lowest BCUT2D eigenvalue weighted by Gasteiger charge is -2.01. The van der Waals surface area contributed by atoms with Crippen LogP contribution < -0.4 is 0 Å². The van der Waals surface area contributed by atoms with E-state index in [4.69, 9.17) is 0 Å². The van der Waals surface area contributed by atoms with Crippen LogP contribution in [-0.4, -0.2) is 22.5 Å². The van der Waals surface area contributed by atoms with Crippen molar-refractivity contribution in [1.82, 2.24) is 0 Å². The summed E-state index contributed by atoms with van der Waals surface area (Å²) in [6.45, 7) is 6.36. The molecule has 1 rings (SSSR count). The minimum absolute atomic E-state index is 0.265. The van der Waals surface area contributed by atoms with Crippen LogP contribution in [0.1, 0.15) is 30.4 Å². The zero-order valence-corrected chi connectivity index (χ0v) is 11.7. The van der Waals surface area contributed by atoms with E-state index in [-0.39, 0.29) is 5.78 Å². The first-order chi connectivity index (χ1) is 7.13. The molecule has 0 N–H and O–H groups in total. The van der Waals surface area contributed by atoms with Crippen molar-refractivity contribution >= 4 is 40.6 Å². The number of ketones is 1. The molecule has 1 aromatic heterocycles. The van der Waals surface area contributed by atoms with Crippen LogP contribution in [0.3, 0.4) is 0 Å². The topological polar surface area (TPSA) is 17.1 Å². The molecule has 84 valence electrons. The second kappa shape index (κ2) is 6.61. The number of thiophene rings is 1. The maximum atomic E-state index is 11.7. The predicted octanol–water partition coefficient (Wildman–Crippen LogP) is 4.18. The highest BCUT2D eigenvalue weighted by molar-refractivity contribution is 8.01. The molecule has 0 unspecified atom stereocenters. The van der Waals surface area contributed by atoms with E-state index < -0.39 is 0 Å². The molecular formula is C11H16OS3. The Labute approximate surface area is 104 Å². The van der Waals surface area contributed by atoms with Gasteiger partial charge in [0, 0.05) is 0 Å². The number of Topliss-reactive ketones (excluding diaryl/α,β-unsaturated/α-hetero) is 1. The van der Waals surface area contributed by atoms with E-state index in [1.165, 1.54) is 4.21 Å². The Hall–Kier alpha value is 0.0700. The van der Waals surface area contributed by atoms with Crippen molar-refractivity contribution < 1.29 is 4.79 Å². The third-order valence-electron chi connectivity index (χ3n) is 1.69. The van der Waals surface area contributed by atoms with Gasteiger partial charge in [-0.25, -0.2) is 0 Å². The fraction of sp³-hybridized carbons (Fsp3) is 0.545. The summed E-state index contributed by atoms with van der Waals surface area (Å²) in [5.74, 6) is 1.94. The molecule has 4 heteroatoms. The smallest absolute Gasteiger partial charge is 0.182 e. The average Bonchev–Trinajstić information content (AvgIpc) is 2.63. The van der Waals surface area contributed by atoms with Crippen molar-refractivity contribution in [2.45, 2.75) is 30.2 Å². The second-order valence-corrected chi connectivity index (χ2v) is 7.55. The summed E-state index contributed by atoms with van der Waals surface area (Å²) < 4.78 is 1.25. The second-order valence-electron chi connectivity index (χ2n) is 3.33. The Morgan fingerprint density at radius 2 is 2.20 bits per heavy atom. The molecule has 0 radical (unpaired) electrons. The summed E-state index contributed by atoms with van der Waals surface area (Å²) in [5, 5.41) is 0.526. The molecule has 1 nitrogen and oxygen atoms in total. The van der Waals surface area contributed by atoms with E-state index in [1.807, 2.05) is 12.1 Å². The van der Waals surface area contributed by atoms with Crippen LogP contribution in [-0.2, 0) is 0 Å². The van der Waals surface area contributed by atoms with E-state index >= 15 is 0 Å². The molecule has 0 saturated heterocycles. The molecule has 0 atom stereocenters. The van der Waals surface area contributed by atoms with Gasteiger partial charge >= 0.3 is 0 Å². The van der Waals surface area contributed by atoms with Crippen molar-refractivity contribution in [3.8, 4) is 0 Å². The molecule has 0 aliphatic carbocycles. The van der Waals surface area contributed by atoms with Gasteiger partial charge in [-0.1, -0.05) is 20.8 Å². The number of hydrogen-bond donors (Lipinski definition) is 0. The number of rotatable bonds is 6. The van der Waals surface area contributed by atoms with E-state index in [2.05, 4.69) is 20.8 Å². The molecule has 0 fully saturated rings. The minimum atomic E-state index is 0.265. The van der Waals surface area contributed by atoms with Crippen LogP contribution >= 0.6 is 34.9 Å². The zero-order valence-electron chi connectivity index (χ0n) is 9.28. The van der Waals surface area contributed by atoms with Gasteiger partial charge in [0.05, 0.1) is 14.8 Å². The standard InChI is InChI=1S/C11H16OS3/c1-4-13-11-6-5-10(15-11)9(12)7-14-8(2)3/h5-6,8H,4,7H2,1-3H3. The Morgan fingerprint density at radius 1 is 1.47 bits per heavy atom. The van der Waals surface area contributed by atoms with Crippen LogP contribution in [0.2, 0.25) is 0 Å². The van der Waals surface area contributed by atoms with Crippen molar-refractivity contribution in [3.63, 3.8) is 0 Å². The molecule has 0 aliphatic heterocycles. The molecular weight excluding hydrogens is 244 g/mol. The maximum Gasteiger partial charge on any atom is 0.182 e. The maximum absolute atomic E-state index is 11.7. The minimum Gasteiger partial charge on any atom is -0.292 e. The molecule has 0 saturated carbocycles. The molecule has 0 bridgehead atoms. The van der Waals surface area contributed by atoms with E-state index in [1.54, 1.807) is 34.9 Å². The zero-order chi connectivity index (χ0) is 11.3. The Kier molecular flexibility index (Phi) is 5.79. The molecule has 0 amide bonds. The summed E-state index contributed by atoms with van der Waals surface area (Å²) in [4.78, 5) is 12.6. The quantitative estimate of drug-likeness (QED) is 0.564. The summed E-state index contributed by atoms with van der Waals surface area (Å²) in [5.41, 5.74) is 0. The van der Waals surface area contributed by atoms with Gasteiger partial charge in [0.2, 0.25) is 0 Å². The van der Waals surface area contributed by atoms with Gasteiger partial charge in [-0.2, -0.15) is 11.8 Å². The van der Waals surface area contributed by atoms with Gasteiger partial charge < -0.3 is 0 Å². The first-order valence-electron chi connectivity index (χ1n) is 5.01. The molecule has 0 aliphatic rings. The third-order valence-corrected chi connectivity index (χ3v) is 5.02. The predicted molar refractivity (Wildman–Crippen MR) is 72.6 cm³/mol. The number of hydrogen-bond acceptors (Lipinski definition) is 4. The van der Waals surface area contributed by atoms with Crippen molar-refractivity contribution in [2.75, 3.05) is 11.5 Å². The molecule has 0 aromatic carbocycles. The van der Waals surface area contributed by atoms with Crippen LogP contribution in [0.5, 0.6) is 0 Å². The summed E-state index contributed by atoms with van der Waals surface area (Å²) >= 11 is 5.12. The van der Waals surface area contributed by atoms with Crippen molar-refractivity contribution in [2.24, 2.45) is 0 Å². The lowest BCUT2D eigenvalue weighted by molar-refractivity contribution is 0.102. The normalized spacial score (nSPS) is 10.9. The van der Waals surface area contributed by atoms with Crippen LogP contribution in [0.4, 0.5) is 0 Å². The number of carbonyl (C=O) groups is 1. The highest BCUT2D eigenvalue weighted by Gasteiger charge is 2.10. The monoisotopic (exact) mass is 260 g/mol. The van der Waals surface area contributed by atoms with Crippen LogP contribution in [0.25, 0.3) is 0 Å². The lowest BCUT2D eigenvalue weighted by atomic mass is 10.4. The Morgan fingerprint density at radius 3 is 2.80 bits per heavy atom. The highest BCUT2D eigenvalue weighted by atomic mass is 32.2. The Bertz CT molecular complexity index is 317. The fourth-order valence-electron chi connectivity index (χ4n) is 1.00. The average molecular weight is 260 g/mol.